The molecule has 24 heavy (non-hydrogen) atoms. The fourth-order valence-corrected chi connectivity index (χ4v) is 3.02. The summed E-state index contributed by atoms with van der Waals surface area (Å²) in [5.74, 6) is 2.77. The minimum absolute atomic E-state index is 0.601. The second-order valence-corrected chi connectivity index (χ2v) is 6.73. The van der Waals surface area contributed by atoms with E-state index in [0.29, 0.717) is 5.92 Å². The van der Waals surface area contributed by atoms with Crippen LogP contribution in [0, 0.1) is 12.8 Å². The molecule has 0 spiro atoms. The zero-order valence-electron chi connectivity index (χ0n) is 14.8. The minimum atomic E-state index is 0.601. The van der Waals surface area contributed by atoms with Gasteiger partial charge in [-0.15, -0.1) is 0 Å². The van der Waals surface area contributed by atoms with E-state index in [0.717, 1.165) is 37.3 Å². The van der Waals surface area contributed by atoms with Crippen LogP contribution in [-0.4, -0.2) is 16.2 Å². The van der Waals surface area contributed by atoms with Gasteiger partial charge in [0, 0.05) is 13.0 Å². The quantitative estimate of drug-likeness (QED) is 0.572. The number of hydrogen-bond acceptors (Lipinski definition) is 2. The molecule has 3 rings (SSSR count). The van der Waals surface area contributed by atoms with E-state index in [1.165, 1.54) is 16.9 Å². The summed E-state index contributed by atoms with van der Waals surface area (Å²) in [5, 5.41) is 0. The number of fused-ring (bicyclic) bond motifs is 1. The summed E-state index contributed by atoms with van der Waals surface area (Å²) in [6.45, 7) is 8.22. The van der Waals surface area contributed by atoms with Crippen molar-refractivity contribution in [3.8, 4) is 5.75 Å². The Bertz CT molecular complexity index is 804. The highest BCUT2D eigenvalue weighted by atomic mass is 16.5. The van der Waals surface area contributed by atoms with Gasteiger partial charge < -0.3 is 9.30 Å². The molecule has 0 saturated heterocycles. The first kappa shape index (κ1) is 16.6. The van der Waals surface area contributed by atoms with Gasteiger partial charge in [-0.05, 0) is 43.0 Å². The molecule has 0 N–H and O–H groups in total. The van der Waals surface area contributed by atoms with Gasteiger partial charge in [-0.1, -0.05) is 44.2 Å². The number of ether oxygens (including phenoxy) is 1. The number of imidazole rings is 1. The van der Waals surface area contributed by atoms with Crippen LogP contribution in [0.3, 0.4) is 0 Å². The zero-order chi connectivity index (χ0) is 16.9. The Morgan fingerprint density at radius 3 is 2.58 bits per heavy atom. The maximum Gasteiger partial charge on any atom is 0.122 e. The summed E-state index contributed by atoms with van der Waals surface area (Å²) in [5.41, 5.74) is 3.50. The third-order valence-corrected chi connectivity index (χ3v) is 4.20. The van der Waals surface area contributed by atoms with Crippen LogP contribution in [0.2, 0.25) is 0 Å². The van der Waals surface area contributed by atoms with Crippen molar-refractivity contribution in [3.05, 3.63) is 59.9 Å². The first-order valence-electron chi connectivity index (χ1n) is 8.77. The average Bonchev–Trinajstić information content (AvgIpc) is 2.90. The second-order valence-electron chi connectivity index (χ2n) is 6.73. The van der Waals surface area contributed by atoms with E-state index in [2.05, 4.69) is 55.7 Å². The molecule has 0 unspecified atom stereocenters. The van der Waals surface area contributed by atoms with Crippen molar-refractivity contribution < 1.29 is 4.74 Å². The van der Waals surface area contributed by atoms with Gasteiger partial charge >= 0.3 is 0 Å². The van der Waals surface area contributed by atoms with E-state index < -0.39 is 0 Å². The number of aryl methyl sites for hydroxylation is 2. The zero-order valence-corrected chi connectivity index (χ0v) is 14.8. The van der Waals surface area contributed by atoms with Crippen molar-refractivity contribution in [2.75, 3.05) is 6.61 Å². The van der Waals surface area contributed by atoms with E-state index in [1.807, 2.05) is 18.2 Å². The number of hydrogen-bond donors (Lipinski definition) is 0. The van der Waals surface area contributed by atoms with Gasteiger partial charge in [0.25, 0.3) is 0 Å². The Hall–Kier alpha value is -2.29. The second kappa shape index (κ2) is 7.52. The summed E-state index contributed by atoms with van der Waals surface area (Å²) in [6.07, 6.45) is 1.98. The predicted octanol–water partition coefficient (Wildman–Crippen LogP) is 5.01. The van der Waals surface area contributed by atoms with Crippen molar-refractivity contribution in [2.24, 2.45) is 5.92 Å². The molecule has 3 nitrogen and oxygen atoms in total. The van der Waals surface area contributed by atoms with E-state index >= 15 is 0 Å². The molecule has 3 aromatic rings. The predicted molar refractivity (Wildman–Crippen MR) is 99.6 cm³/mol. The van der Waals surface area contributed by atoms with Gasteiger partial charge in [0.05, 0.1) is 17.6 Å². The van der Waals surface area contributed by atoms with Crippen LogP contribution in [0.1, 0.15) is 31.7 Å². The smallest absolute Gasteiger partial charge is 0.122 e. The molecule has 1 aromatic heterocycles. The lowest BCUT2D eigenvalue weighted by atomic mass is 10.1. The van der Waals surface area contributed by atoms with Gasteiger partial charge in [-0.3, -0.25) is 0 Å². The van der Waals surface area contributed by atoms with Crippen LogP contribution in [0.5, 0.6) is 5.75 Å². The molecule has 0 atom stereocenters. The molecule has 1 heterocycles. The highest BCUT2D eigenvalue weighted by Crippen LogP contribution is 2.20. The lowest BCUT2D eigenvalue weighted by Gasteiger charge is -2.12. The van der Waals surface area contributed by atoms with Crippen molar-refractivity contribution in [1.29, 1.82) is 0 Å². The Balaban J connectivity index is 1.69. The topological polar surface area (TPSA) is 27.1 Å². The van der Waals surface area contributed by atoms with Gasteiger partial charge in [-0.25, -0.2) is 4.98 Å². The SMILES string of the molecule is Cc1ccccc1OCCCn1c(CC(C)C)nc2ccccc21. The highest BCUT2D eigenvalue weighted by Gasteiger charge is 2.11. The number of aromatic nitrogens is 2. The van der Waals surface area contributed by atoms with Gasteiger partial charge in [0.15, 0.2) is 0 Å². The van der Waals surface area contributed by atoms with Crippen molar-refractivity contribution >= 4 is 11.0 Å². The van der Waals surface area contributed by atoms with Crippen molar-refractivity contribution in [1.82, 2.24) is 9.55 Å². The van der Waals surface area contributed by atoms with Crippen LogP contribution in [0.25, 0.3) is 11.0 Å². The molecule has 0 bridgehead atoms. The van der Waals surface area contributed by atoms with Crippen LogP contribution >= 0.6 is 0 Å². The molecule has 0 radical (unpaired) electrons. The molecule has 0 amide bonds. The Morgan fingerprint density at radius 1 is 1.04 bits per heavy atom. The van der Waals surface area contributed by atoms with Gasteiger partial charge in [-0.2, -0.15) is 0 Å². The van der Waals surface area contributed by atoms with Crippen LogP contribution in [-0.2, 0) is 13.0 Å². The third-order valence-electron chi connectivity index (χ3n) is 4.20. The maximum atomic E-state index is 5.93. The summed E-state index contributed by atoms with van der Waals surface area (Å²) in [7, 11) is 0. The van der Waals surface area contributed by atoms with Crippen LogP contribution < -0.4 is 4.74 Å². The summed E-state index contributed by atoms with van der Waals surface area (Å²) < 4.78 is 8.29. The van der Waals surface area contributed by atoms with Crippen molar-refractivity contribution in [3.63, 3.8) is 0 Å². The first-order valence-corrected chi connectivity index (χ1v) is 8.77. The first-order chi connectivity index (χ1) is 11.6. The van der Waals surface area contributed by atoms with Crippen molar-refractivity contribution in [2.45, 2.75) is 40.2 Å². The average molecular weight is 322 g/mol. The standard InChI is InChI=1S/C21H26N2O/c1-16(2)15-21-22-18-10-5-6-11-19(18)23(21)13-8-14-24-20-12-7-4-9-17(20)3/h4-7,9-12,16H,8,13-15H2,1-3H3. The molecular weight excluding hydrogens is 296 g/mol. The molecule has 126 valence electrons. The number of benzene rings is 2. The van der Waals surface area contributed by atoms with E-state index in [9.17, 15) is 0 Å². The molecule has 2 aromatic carbocycles. The Labute approximate surface area is 144 Å². The lowest BCUT2D eigenvalue weighted by molar-refractivity contribution is 0.299. The normalized spacial score (nSPS) is 11.3. The molecule has 0 aliphatic rings. The fourth-order valence-electron chi connectivity index (χ4n) is 3.02. The van der Waals surface area contributed by atoms with Gasteiger partial charge in [0.1, 0.15) is 11.6 Å². The molecular formula is C21H26N2O. The molecule has 0 aliphatic carbocycles. The Kier molecular flexibility index (Phi) is 5.19. The number of nitrogens with zero attached hydrogens (tertiary/aromatic N) is 2. The van der Waals surface area contributed by atoms with E-state index in [1.54, 1.807) is 0 Å². The monoisotopic (exact) mass is 322 g/mol. The van der Waals surface area contributed by atoms with Gasteiger partial charge in [0.2, 0.25) is 0 Å². The molecule has 0 saturated carbocycles. The number of para-hydroxylation sites is 3. The third kappa shape index (κ3) is 3.78. The summed E-state index contributed by atoms with van der Waals surface area (Å²) in [4.78, 5) is 4.83. The van der Waals surface area contributed by atoms with Crippen LogP contribution in [0.4, 0.5) is 0 Å². The highest BCUT2D eigenvalue weighted by molar-refractivity contribution is 5.75. The Morgan fingerprint density at radius 2 is 1.79 bits per heavy atom. The number of rotatable bonds is 7. The lowest BCUT2D eigenvalue weighted by Crippen LogP contribution is -2.10. The summed E-state index contributed by atoms with van der Waals surface area (Å²) in [6, 6.07) is 16.6. The summed E-state index contributed by atoms with van der Waals surface area (Å²) >= 11 is 0. The molecule has 0 aliphatic heterocycles. The minimum Gasteiger partial charge on any atom is -0.493 e. The fraction of sp³-hybridized carbons (Fsp3) is 0.381. The van der Waals surface area contributed by atoms with Crippen LogP contribution in [0.15, 0.2) is 48.5 Å². The molecule has 0 fully saturated rings. The maximum absolute atomic E-state index is 5.93. The largest absolute Gasteiger partial charge is 0.493 e. The molecule has 3 heteroatoms. The van der Waals surface area contributed by atoms with E-state index in [4.69, 9.17) is 9.72 Å². The van der Waals surface area contributed by atoms with E-state index in [-0.39, 0.29) is 0 Å².